The van der Waals surface area contributed by atoms with Crippen LogP contribution in [0.1, 0.15) is 11.1 Å². The third-order valence-electron chi connectivity index (χ3n) is 1.71. The Balaban J connectivity index is 3.28. The normalized spacial score (nSPS) is 9.58. The molecule has 0 spiro atoms. The fraction of sp³-hybridized carbons (Fsp3) is 0.200. The lowest BCUT2D eigenvalue weighted by atomic mass is 10.1. The van der Waals surface area contributed by atoms with E-state index >= 15 is 0 Å². The predicted octanol–water partition coefficient (Wildman–Crippen LogP) is 3.41. The van der Waals surface area contributed by atoms with Gasteiger partial charge < -0.3 is 4.74 Å². The maximum Gasteiger partial charge on any atom is 0.119 e. The van der Waals surface area contributed by atoms with Crippen LogP contribution in [0.15, 0.2) is 23.2 Å². The van der Waals surface area contributed by atoms with Gasteiger partial charge in [0.2, 0.25) is 0 Å². The molecule has 1 aromatic carbocycles. The zero-order valence-corrected chi connectivity index (χ0v) is 8.81. The molecule has 0 aliphatic rings. The molecule has 1 aromatic rings. The Labute approximate surface area is 81.2 Å². The molecule has 0 saturated heterocycles. The van der Waals surface area contributed by atoms with Gasteiger partial charge in [0.05, 0.1) is 7.11 Å². The Bertz CT molecular complexity index is 305. The summed E-state index contributed by atoms with van der Waals surface area (Å²) in [5, 5.41) is 0. The number of halogens is 1. The van der Waals surface area contributed by atoms with Crippen LogP contribution < -0.4 is 4.74 Å². The fourth-order valence-corrected chi connectivity index (χ4v) is 1.42. The zero-order chi connectivity index (χ0) is 9.14. The van der Waals surface area contributed by atoms with E-state index in [1.807, 2.05) is 19.1 Å². The van der Waals surface area contributed by atoms with Crippen molar-refractivity contribution < 1.29 is 4.74 Å². The molecule has 0 radical (unpaired) electrons. The molecule has 2 heteroatoms. The molecule has 0 amide bonds. The fourth-order valence-electron chi connectivity index (χ4n) is 1.03. The van der Waals surface area contributed by atoms with E-state index in [1.54, 1.807) is 13.2 Å². The first-order valence-electron chi connectivity index (χ1n) is 3.65. The molecule has 0 unspecified atom stereocenters. The molecular weight excluding hydrogens is 216 g/mol. The molecule has 0 heterocycles. The average Bonchev–Trinajstić information content (AvgIpc) is 2.09. The molecule has 0 saturated carbocycles. The summed E-state index contributed by atoms with van der Waals surface area (Å²) in [6.07, 6.45) is 1.81. The van der Waals surface area contributed by atoms with E-state index in [4.69, 9.17) is 4.74 Å². The van der Waals surface area contributed by atoms with Crippen molar-refractivity contribution >= 4 is 22.0 Å². The van der Waals surface area contributed by atoms with Gasteiger partial charge in [-0.1, -0.05) is 12.7 Å². The number of hydrogen-bond acceptors (Lipinski definition) is 1. The predicted molar refractivity (Wildman–Crippen MR) is 55.5 cm³/mol. The number of methoxy groups -OCH3 is 1. The summed E-state index contributed by atoms with van der Waals surface area (Å²) >= 11 is 3.48. The average molecular weight is 227 g/mol. The minimum absolute atomic E-state index is 0.866. The minimum Gasteiger partial charge on any atom is -0.497 e. The first kappa shape index (κ1) is 9.33. The topological polar surface area (TPSA) is 9.23 Å². The Hall–Kier alpha value is -0.760. The lowest BCUT2D eigenvalue weighted by Gasteiger charge is -2.06. The second-order valence-corrected chi connectivity index (χ2v) is 3.34. The molecule has 0 fully saturated rings. The Kier molecular flexibility index (Phi) is 2.93. The standard InChI is InChI=1S/C10H11BrO/c1-4-8-6-9(12-3)5-7(2)10(8)11/h4-6H,1H2,2-3H3. The molecule has 0 aromatic heterocycles. The van der Waals surface area contributed by atoms with Crippen molar-refractivity contribution in [3.05, 3.63) is 34.3 Å². The molecule has 0 bridgehead atoms. The molecule has 0 atom stereocenters. The minimum atomic E-state index is 0.866. The van der Waals surface area contributed by atoms with Crippen molar-refractivity contribution in [2.75, 3.05) is 7.11 Å². The molecule has 0 aliphatic carbocycles. The monoisotopic (exact) mass is 226 g/mol. The van der Waals surface area contributed by atoms with E-state index in [-0.39, 0.29) is 0 Å². The summed E-state index contributed by atoms with van der Waals surface area (Å²) < 4.78 is 6.21. The summed E-state index contributed by atoms with van der Waals surface area (Å²) in [6, 6.07) is 3.93. The van der Waals surface area contributed by atoms with Gasteiger partial charge in [-0.05, 0) is 46.1 Å². The molecule has 0 N–H and O–H groups in total. The molecule has 1 rings (SSSR count). The van der Waals surface area contributed by atoms with Crippen molar-refractivity contribution in [2.24, 2.45) is 0 Å². The third kappa shape index (κ3) is 1.69. The van der Waals surface area contributed by atoms with E-state index in [0.717, 1.165) is 21.3 Å². The number of rotatable bonds is 2. The Morgan fingerprint density at radius 2 is 2.17 bits per heavy atom. The van der Waals surface area contributed by atoms with Crippen LogP contribution in [0, 0.1) is 6.92 Å². The smallest absolute Gasteiger partial charge is 0.119 e. The van der Waals surface area contributed by atoms with Gasteiger partial charge >= 0.3 is 0 Å². The lowest BCUT2D eigenvalue weighted by molar-refractivity contribution is 0.414. The Morgan fingerprint density at radius 1 is 1.50 bits per heavy atom. The lowest BCUT2D eigenvalue weighted by Crippen LogP contribution is -1.87. The number of aryl methyl sites for hydroxylation is 1. The Morgan fingerprint density at radius 3 is 2.67 bits per heavy atom. The van der Waals surface area contributed by atoms with Crippen molar-refractivity contribution in [1.29, 1.82) is 0 Å². The van der Waals surface area contributed by atoms with Crippen LogP contribution in [-0.4, -0.2) is 7.11 Å². The second kappa shape index (κ2) is 3.76. The highest BCUT2D eigenvalue weighted by molar-refractivity contribution is 9.10. The molecule has 64 valence electrons. The van der Waals surface area contributed by atoms with E-state index in [2.05, 4.69) is 22.5 Å². The van der Waals surface area contributed by atoms with Gasteiger partial charge in [0.15, 0.2) is 0 Å². The van der Waals surface area contributed by atoms with Gasteiger partial charge in [0.25, 0.3) is 0 Å². The SMILES string of the molecule is C=Cc1cc(OC)cc(C)c1Br. The molecule has 1 nitrogen and oxygen atoms in total. The highest BCUT2D eigenvalue weighted by Crippen LogP contribution is 2.27. The summed E-state index contributed by atoms with van der Waals surface area (Å²) in [7, 11) is 1.66. The number of ether oxygens (including phenoxy) is 1. The molecule has 0 aliphatic heterocycles. The van der Waals surface area contributed by atoms with Crippen LogP contribution >= 0.6 is 15.9 Å². The van der Waals surface area contributed by atoms with Crippen molar-refractivity contribution in [2.45, 2.75) is 6.92 Å². The van der Waals surface area contributed by atoms with Crippen LogP contribution in [0.4, 0.5) is 0 Å². The van der Waals surface area contributed by atoms with Gasteiger partial charge in [-0.25, -0.2) is 0 Å². The summed E-state index contributed by atoms with van der Waals surface area (Å²) in [4.78, 5) is 0. The maximum absolute atomic E-state index is 5.12. The van der Waals surface area contributed by atoms with Crippen LogP contribution in [0.3, 0.4) is 0 Å². The highest BCUT2D eigenvalue weighted by Gasteiger charge is 2.02. The van der Waals surface area contributed by atoms with Crippen LogP contribution in [0.25, 0.3) is 6.08 Å². The van der Waals surface area contributed by atoms with Gasteiger partial charge in [0.1, 0.15) is 5.75 Å². The first-order valence-corrected chi connectivity index (χ1v) is 4.45. The number of hydrogen-bond donors (Lipinski definition) is 0. The number of benzene rings is 1. The summed E-state index contributed by atoms with van der Waals surface area (Å²) in [6.45, 7) is 5.75. The van der Waals surface area contributed by atoms with Gasteiger partial charge in [-0.2, -0.15) is 0 Å². The van der Waals surface area contributed by atoms with E-state index < -0.39 is 0 Å². The second-order valence-electron chi connectivity index (χ2n) is 2.55. The van der Waals surface area contributed by atoms with Crippen LogP contribution in [0.5, 0.6) is 5.75 Å². The molecule has 12 heavy (non-hydrogen) atoms. The zero-order valence-electron chi connectivity index (χ0n) is 7.23. The third-order valence-corrected chi connectivity index (χ3v) is 2.80. The quantitative estimate of drug-likeness (QED) is 0.752. The van der Waals surface area contributed by atoms with Crippen molar-refractivity contribution in [3.8, 4) is 5.75 Å². The van der Waals surface area contributed by atoms with Gasteiger partial charge in [0, 0.05) is 4.47 Å². The maximum atomic E-state index is 5.12. The van der Waals surface area contributed by atoms with Crippen molar-refractivity contribution in [3.63, 3.8) is 0 Å². The van der Waals surface area contributed by atoms with E-state index in [0.29, 0.717) is 0 Å². The first-order chi connectivity index (χ1) is 5.69. The van der Waals surface area contributed by atoms with Gasteiger partial charge in [-0.15, -0.1) is 0 Å². The summed E-state index contributed by atoms with van der Waals surface area (Å²) in [5.41, 5.74) is 2.22. The largest absolute Gasteiger partial charge is 0.497 e. The van der Waals surface area contributed by atoms with E-state index in [9.17, 15) is 0 Å². The van der Waals surface area contributed by atoms with Crippen molar-refractivity contribution in [1.82, 2.24) is 0 Å². The molecular formula is C10H11BrO. The van der Waals surface area contributed by atoms with Gasteiger partial charge in [-0.3, -0.25) is 0 Å². The summed E-state index contributed by atoms with van der Waals surface area (Å²) in [5.74, 6) is 0.866. The van der Waals surface area contributed by atoms with E-state index in [1.165, 1.54) is 0 Å². The highest BCUT2D eigenvalue weighted by atomic mass is 79.9. The van der Waals surface area contributed by atoms with Crippen LogP contribution in [0.2, 0.25) is 0 Å². The van der Waals surface area contributed by atoms with Crippen LogP contribution in [-0.2, 0) is 0 Å².